The van der Waals surface area contributed by atoms with Gasteiger partial charge in [0.2, 0.25) is 5.91 Å². The number of aliphatic carboxylic acids is 1. The van der Waals surface area contributed by atoms with Crippen molar-refractivity contribution in [1.29, 1.82) is 0 Å². The fraction of sp³-hybridized carbons (Fsp3) is 0.423. The molecule has 0 aromatic heterocycles. The van der Waals surface area contributed by atoms with Crippen molar-refractivity contribution in [3.05, 3.63) is 59.2 Å². The maximum absolute atomic E-state index is 14.5. The van der Waals surface area contributed by atoms with Gasteiger partial charge in [0.15, 0.2) is 11.6 Å². The lowest BCUT2D eigenvalue weighted by molar-refractivity contribution is -0.274. The predicted octanol–water partition coefficient (Wildman–Crippen LogP) is 5.20. The van der Waals surface area contributed by atoms with Crippen LogP contribution in [0.2, 0.25) is 0 Å². The van der Waals surface area contributed by atoms with Crippen LogP contribution in [0, 0.1) is 17.6 Å². The summed E-state index contributed by atoms with van der Waals surface area (Å²) in [7, 11) is 0. The number of nitrogens with zero attached hydrogens (tertiary/aromatic N) is 2. The molecule has 0 radical (unpaired) electrons. The van der Waals surface area contributed by atoms with E-state index in [1.807, 2.05) is 0 Å². The number of ether oxygens (including phenoxy) is 1. The summed E-state index contributed by atoms with van der Waals surface area (Å²) in [6.07, 6.45) is -3.02. The summed E-state index contributed by atoms with van der Waals surface area (Å²) in [6.45, 7) is 0. The lowest BCUT2D eigenvalue weighted by Crippen LogP contribution is -2.59. The summed E-state index contributed by atoms with van der Waals surface area (Å²) in [5.41, 5.74) is 0.342. The fourth-order valence-corrected chi connectivity index (χ4v) is 5.44. The first-order valence-corrected chi connectivity index (χ1v) is 12.2. The van der Waals surface area contributed by atoms with Crippen LogP contribution in [0.5, 0.6) is 5.75 Å². The molecule has 3 atom stereocenters. The molecule has 2 aromatic rings. The summed E-state index contributed by atoms with van der Waals surface area (Å²) in [5.74, 6) is -5.30. The van der Waals surface area contributed by atoms with Gasteiger partial charge in [0, 0.05) is 41.6 Å². The zero-order chi connectivity index (χ0) is 27.4. The summed E-state index contributed by atoms with van der Waals surface area (Å²) < 4.78 is 70.4. The number of carbonyl (C=O) groups is 3. The Labute approximate surface area is 213 Å². The van der Waals surface area contributed by atoms with Crippen LogP contribution in [0.4, 0.5) is 27.6 Å². The molecule has 38 heavy (non-hydrogen) atoms. The molecule has 3 unspecified atom stereocenters. The van der Waals surface area contributed by atoms with E-state index >= 15 is 0 Å². The Morgan fingerprint density at radius 3 is 2.18 bits per heavy atom. The zero-order valence-corrected chi connectivity index (χ0v) is 19.9. The summed E-state index contributed by atoms with van der Waals surface area (Å²) in [4.78, 5) is 40.7. The number of carboxylic acid groups (broad SMARTS) is 1. The van der Waals surface area contributed by atoms with Crippen molar-refractivity contribution in [2.45, 2.75) is 63.0 Å². The van der Waals surface area contributed by atoms with Gasteiger partial charge in [0.05, 0.1) is 18.2 Å². The second kappa shape index (κ2) is 9.55. The van der Waals surface area contributed by atoms with Gasteiger partial charge in [-0.25, -0.2) is 8.78 Å². The highest BCUT2D eigenvalue weighted by Crippen LogP contribution is 2.55. The fourth-order valence-electron chi connectivity index (χ4n) is 5.44. The molecule has 0 saturated heterocycles. The van der Waals surface area contributed by atoms with Gasteiger partial charge in [-0.2, -0.15) is 0 Å². The first-order valence-electron chi connectivity index (χ1n) is 12.2. The lowest BCUT2D eigenvalue weighted by atomic mass is 9.67. The monoisotopic (exact) mass is 538 g/mol. The van der Waals surface area contributed by atoms with Crippen molar-refractivity contribution in [3.8, 4) is 5.75 Å². The second-order valence-electron chi connectivity index (χ2n) is 9.75. The average molecular weight is 538 g/mol. The average Bonchev–Trinajstić information content (AvgIpc) is 3.65. The predicted molar refractivity (Wildman–Crippen MR) is 122 cm³/mol. The largest absolute Gasteiger partial charge is 0.573 e. The van der Waals surface area contributed by atoms with E-state index in [1.165, 1.54) is 4.90 Å². The van der Waals surface area contributed by atoms with Gasteiger partial charge in [-0.3, -0.25) is 14.4 Å². The number of amides is 2. The Kier molecular flexibility index (Phi) is 6.52. The quantitative estimate of drug-likeness (QED) is 0.490. The highest BCUT2D eigenvalue weighted by Gasteiger charge is 2.53. The van der Waals surface area contributed by atoms with Gasteiger partial charge in [-0.15, -0.1) is 13.2 Å². The van der Waals surface area contributed by atoms with E-state index in [0.717, 1.165) is 36.4 Å². The van der Waals surface area contributed by atoms with Crippen LogP contribution in [0.15, 0.2) is 36.4 Å². The summed E-state index contributed by atoms with van der Waals surface area (Å²) >= 11 is 0. The molecule has 2 amide bonds. The van der Waals surface area contributed by atoms with E-state index in [1.54, 1.807) is 4.90 Å². The Morgan fingerprint density at radius 1 is 0.974 bits per heavy atom. The molecular weight excluding hydrogens is 515 g/mol. The molecule has 2 saturated carbocycles. The molecule has 2 aliphatic carbocycles. The zero-order valence-electron chi connectivity index (χ0n) is 19.9. The molecule has 7 nitrogen and oxygen atoms in total. The highest BCUT2D eigenvalue weighted by atomic mass is 19.4. The number of carboxylic acids is 1. The van der Waals surface area contributed by atoms with E-state index in [0.29, 0.717) is 25.7 Å². The van der Waals surface area contributed by atoms with Crippen molar-refractivity contribution in [2.24, 2.45) is 5.92 Å². The van der Waals surface area contributed by atoms with Crippen molar-refractivity contribution in [1.82, 2.24) is 4.90 Å². The van der Waals surface area contributed by atoms with Gasteiger partial charge in [0.1, 0.15) is 5.75 Å². The van der Waals surface area contributed by atoms with E-state index in [2.05, 4.69) is 4.74 Å². The van der Waals surface area contributed by atoms with Gasteiger partial charge >= 0.3 is 12.3 Å². The van der Waals surface area contributed by atoms with E-state index in [-0.39, 0.29) is 41.6 Å². The van der Waals surface area contributed by atoms with Crippen LogP contribution in [0.3, 0.4) is 0 Å². The number of fused-ring (bicyclic) bond motifs is 2. The number of anilines is 1. The Balaban J connectivity index is 1.52. The Bertz CT molecular complexity index is 1280. The minimum absolute atomic E-state index is 0.0240. The molecule has 2 fully saturated rings. The van der Waals surface area contributed by atoms with E-state index < -0.39 is 53.6 Å². The van der Waals surface area contributed by atoms with Crippen molar-refractivity contribution in [3.63, 3.8) is 0 Å². The molecule has 3 aliphatic rings. The number of halogens is 5. The van der Waals surface area contributed by atoms with Gasteiger partial charge in [-0.05, 0) is 56.0 Å². The maximum Gasteiger partial charge on any atom is 0.573 e. The minimum atomic E-state index is -4.90. The van der Waals surface area contributed by atoms with Crippen LogP contribution in [-0.4, -0.2) is 46.2 Å². The number of hydrogen-bond acceptors (Lipinski definition) is 4. The number of rotatable bonds is 7. The third kappa shape index (κ3) is 4.91. The first kappa shape index (κ1) is 25.9. The summed E-state index contributed by atoms with van der Waals surface area (Å²) in [6, 6.07) is 4.89. The molecule has 1 aliphatic heterocycles. The van der Waals surface area contributed by atoms with E-state index in [4.69, 9.17) is 5.11 Å². The third-order valence-corrected chi connectivity index (χ3v) is 7.31. The molecule has 202 valence electrons. The molecular formula is C26H23F5N2O5. The highest BCUT2D eigenvalue weighted by molar-refractivity contribution is 6.07. The number of benzene rings is 2. The molecule has 0 spiro atoms. The van der Waals surface area contributed by atoms with Crippen LogP contribution < -0.4 is 9.64 Å². The summed E-state index contributed by atoms with van der Waals surface area (Å²) in [5, 5.41) is 9.05. The smallest absolute Gasteiger partial charge is 0.481 e. The Hall–Kier alpha value is -3.70. The van der Waals surface area contributed by atoms with Crippen LogP contribution >= 0.6 is 0 Å². The van der Waals surface area contributed by atoms with Gasteiger partial charge in [0.25, 0.3) is 5.91 Å². The number of carbonyl (C=O) groups excluding carboxylic acids is 2. The van der Waals surface area contributed by atoms with Crippen LogP contribution in [0.25, 0.3) is 0 Å². The first-order chi connectivity index (χ1) is 17.9. The number of hydrogen-bond donors (Lipinski definition) is 1. The minimum Gasteiger partial charge on any atom is -0.481 e. The number of alkyl halides is 3. The van der Waals surface area contributed by atoms with Gasteiger partial charge in [-0.1, -0.05) is 0 Å². The normalized spacial score (nSPS) is 22.1. The lowest BCUT2D eigenvalue weighted by Gasteiger charge is -2.55. The molecule has 2 aromatic carbocycles. The topological polar surface area (TPSA) is 87.2 Å². The molecule has 5 rings (SSSR count). The molecule has 1 heterocycles. The SMILES string of the molecule is O=C(O)CCC(=O)N(C1CC1)C1c2cc(F)c(F)cc2N(C(=O)c2ccc(OC(F)(F)F)cc2)C2CCC21. The van der Waals surface area contributed by atoms with Gasteiger partial charge < -0.3 is 19.6 Å². The van der Waals surface area contributed by atoms with Crippen LogP contribution in [-0.2, 0) is 9.59 Å². The van der Waals surface area contributed by atoms with Crippen LogP contribution in [0.1, 0.15) is 60.5 Å². The standard InChI is InChI=1S/C26H23F5N2O5/c27-18-11-17-21(12-19(18)28)33(25(37)13-1-5-15(6-2-13)38-26(29,30)31)20-8-7-16(20)24(17)32(14-3-4-14)22(34)9-10-23(35)36/h1-2,5-6,11-12,14,16,20,24H,3-4,7-10H2,(H,35,36). The van der Waals surface area contributed by atoms with Crippen molar-refractivity contribution >= 4 is 23.5 Å². The molecule has 1 N–H and O–H groups in total. The van der Waals surface area contributed by atoms with E-state index in [9.17, 15) is 36.3 Å². The molecule has 12 heteroatoms. The molecule has 0 bridgehead atoms. The maximum atomic E-state index is 14.5. The Morgan fingerprint density at radius 2 is 1.63 bits per heavy atom. The van der Waals surface area contributed by atoms with Crippen molar-refractivity contribution < 1.29 is 46.2 Å². The third-order valence-electron chi connectivity index (χ3n) is 7.31. The second-order valence-corrected chi connectivity index (χ2v) is 9.75. The van der Waals surface area contributed by atoms with Crippen molar-refractivity contribution in [2.75, 3.05) is 4.90 Å².